The molecule has 2 nitrogen and oxygen atoms in total. The summed E-state index contributed by atoms with van der Waals surface area (Å²) in [5.41, 5.74) is 1.95. The van der Waals surface area contributed by atoms with Gasteiger partial charge in [-0.1, -0.05) is 72.8 Å². The number of benzene rings is 3. The molecule has 0 bridgehead atoms. The van der Waals surface area contributed by atoms with Crippen molar-refractivity contribution in [2.24, 2.45) is 0 Å². The van der Waals surface area contributed by atoms with E-state index in [0.717, 1.165) is 21.8 Å². The minimum Gasteiger partial charge on any atom is -0.254 e. The third-order valence-corrected chi connectivity index (χ3v) is 4.00. The molecule has 0 amide bonds. The Morgan fingerprint density at radius 3 is 1.17 bits per heavy atom. The van der Waals surface area contributed by atoms with E-state index in [0.29, 0.717) is 0 Å². The molecule has 2 aromatic heterocycles. The first-order chi connectivity index (χ1) is 11.9. The molecule has 3 aromatic carbocycles. The number of hydrogen-bond acceptors (Lipinski definition) is 2. The van der Waals surface area contributed by atoms with Crippen molar-refractivity contribution in [1.29, 1.82) is 0 Å². The van der Waals surface area contributed by atoms with Crippen LogP contribution in [0.15, 0.2) is 97.3 Å². The molecule has 0 spiro atoms. The second kappa shape index (κ2) is 6.47. The maximum absolute atomic E-state index is 4.35. The monoisotopic (exact) mass is 308 g/mol. The van der Waals surface area contributed by atoms with Crippen molar-refractivity contribution in [3.63, 3.8) is 0 Å². The summed E-state index contributed by atoms with van der Waals surface area (Å²) < 4.78 is 0. The molecular formula is C22H16N2. The second-order valence-electron chi connectivity index (χ2n) is 5.56. The summed E-state index contributed by atoms with van der Waals surface area (Å²) in [5, 5.41) is 4.90. The predicted molar refractivity (Wildman–Crippen MR) is 101 cm³/mol. The molecule has 0 unspecified atom stereocenters. The summed E-state index contributed by atoms with van der Waals surface area (Å²) in [6.07, 6.45) is 3.60. The van der Waals surface area contributed by atoms with Crippen molar-refractivity contribution in [1.82, 2.24) is 9.97 Å². The van der Waals surface area contributed by atoms with Crippen molar-refractivity contribution in [3.8, 4) is 0 Å². The van der Waals surface area contributed by atoms with E-state index in [1.807, 2.05) is 12.1 Å². The quantitative estimate of drug-likeness (QED) is 0.347. The smallest absolute Gasteiger partial charge is 0.0964 e. The maximum Gasteiger partial charge on any atom is 0.0964 e. The molecule has 0 aliphatic carbocycles. The van der Waals surface area contributed by atoms with Crippen LogP contribution in [0, 0.1) is 0 Å². The van der Waals surface area contributed by atoms with Crippen LogP contribution in [0.4, 0.5) is 0 Å². The van der Waals surface area contributed by atoms with Crippen molar-refractivity contribution in [3.05, 3.63) is 97.3 Å². The van der Waals surface area contributed by atoms with Gasteiger partial charge in [-0.05, 0) is 22.9 Å². The lowest BCUT2D eigenvalue weighted by atomic mass is 10.1. The van der Waals surface area contributed by atoms with Crippen LogP contribution in [0.5, 0.6) is 0 Å². The molecular weight excluding hydrogens is 292 g/mol. The fraction of sp³-hybridized carbons (Fsp3) is 0. The van der Waals surface area contributed by atoms with Gasteiger partial charge in [0.25, 0.3) is 0 Å². The Morgan fingerprint density at radius 1 is 0.375 bits per heavy atom. The van der Waals surface area contributed by atoms with Crippen LogP contribution in [0.2, 0.25) is 0 Å². The third-order valence-electron chi connectivity index (χ3n) is 4.00. The number of pyridine rings is 2. The molecule has 24 heavy (non-hydrogen) atoms. The highest BCUT2D eigenvalue weighted by Gasteiger charge is 2.00. The summed E-state index contributed by atoms with van der Waals surface area (Å²) in [5.74, 6) is 0. The molecule has 2 heterocycles. The lowest BCUT2D eigenvalue weighted by molar-refractivity contribution is 1.37. The first kappa shape index (κ1) is 14.3. The number of nitrogens with zero attached hydrogens (tertiary/aromatic N) is 2. The number of aromatic nitrogens is 2. The van der Waals surface area contributed by atoms with Gasteiger partial charge in [0.1, 0.15) is 0 Å². The Labute approximate surface area is 140 Å². The first-order valence-corrected chi connectivity index (χ1v) is 7.94. The van der Waals surface area contributed by atoms with Gasteiger partial charge in [0.15, 0.2) is 0 Å². The van der Waals surface area contributed by atoms with Gasteiger partial charge in [-0.15, -0.1) is 0 Å². The highest BCUT2D eigenvalue weighted by molar-refractivity contribution is 6.02. The summed E-state index contributed by atoms with van der Waals surface area (Å²) in [6.45, 7) is 0. The summed E-state index contributed by atoms with van der Waals surface area (Å²) in [6, 6.07) is 28.9. The Morgan fingerprint density at radius 2 is 0.750 bits per heavy atom. The third kappa shape index (κ3) is 2.82. The van der Waals surface area contributed by atoms with E-state index in [1.165, 1.54) is 10.8 Å². The molecule has 0 aliphatic heterocycles. The maximum atomic E-state index is 4.35. The molecule has 0 atom stereocenters. The van der Waals surface area contributed by atoms with Crippen LogP contribution >= 0.6 is 0 Å². The summed E-state index contributed by atoms with van der Waals surface area (Å²) >= 11 is 0. The van der Waals surface area contributed by atoms with E-state index >= 15 is 0 Å². The molecule has 0 fully saturated rings. The summed E-state index contributed by atoms with van der Waals surface area (Å²) in [4.78, 5) is 8.69. The average Bonchev–Trinajstić information content (AvgIpc) is 2.68. The van der Waals surface area contributed by atoms with E-state index in [-0.39, 0.29) is 0 Å². The van der Waals surface area contributed by atoms with E-state index in [2.05, 4.69) is 82.8 Å². The Kier molecular flexibility index (Phi) is 3.86. The van der Waals surface area contributed by atoms with Crippen LogP contribution in [0.25, 0.3) is 32.6 Å². The van der Waals surface area contributed by atoms with Gasteiger partial charge in [0.05, 0.1) is 11.0 Å². The van der Waals surface area contributed by atoms with Crippen LogP contribution in [-0.4, -0.2) is 9.97 Å². The van der Waals surface area contributed by atoms with Crippen LogP contribution in [0.1, 0.15) is 0 Å². The normalized spacial score (nSPS) is 10.5. The molecule has 0 saturated carbocycles. The van der Waals surface area contributed by atoms with Gasteiger partial charge < -0.3 is 0 Å². The van der Waals surface area contributed by atoms with Gasteiger partial charge in [-0.2, -0.15) is 0 Å². The Bertz CT molecular complexity index is 996. The first-order valence-electron chi connectivity index (χ1n) is 7.94. The Balaban J connectivity index is 0.000000129. The van der Waals surface area contributed by atoms with E-state index in [1.54, 1.807) is 12.4 Å². The molecule has 2 heteroatoms. The molecule has 0 aliphatic rings. The van der Waals surface area contributed by atoms with E-state index in [9.17, 15) is 0 Å². The van der Waals surface area contributed by atoms with Crippen LogP contribution in [-0.2, 0) is 0 Å². The standard InChI is InChI=1S/C12H8N2.C10H8/c1-3-9-5-6-10-4-2-8-14-12(10)11(9)13-7-1;1-2-6-10-8-4-3-7-9(10)5-1/h1-8H;1-8H. The van der Waals surface area contributed by atoms with Gasteiger partial charge in [0, 0.05) is 23.2 Å². The zero-order valence-corrected chi connectivity index (χ0v) is 13.1. The lowest BCUT2D eigenvalue weighted by Crippen LogP contribution is -1.83. The predicted octanol–water partition coefficient (Wildman–Crippen LogP) is 5.62. The van der Waals surface area contributed by atoms with E-state index < -0.39 is 0 Å². The van der Waals surface area contributed by atoms with Crippen LogP contribution in [0.3, 0.4) is 0 Å². The zero-order chi connectivity index (χ0) is 16.2. The molecule has 5 aromatic rings. The van der Waals surface area contributed by atoms with Gasteiger partial charge >= 0.3 is 0 Å². The van der Waals surface area contributed by atoms with Gasteiger partial charge in [0.2, 0.25) is 0 Å². The van der Waals surface area contributed by atoms with Crippen molar-refractivity contribution < 1.29 is 0 Å². The minimum atomic E-state index is 0.977. The number of rotatable bonds is 0. The van der Waals surface area contributed by atoms with Crippen molar-refractivity contribution in [2.75, 3.05) is 0 Å². The topological polar surface area (TPSA) is 25.8 Å². The van der Waals surface area contributed by atoms with Crippen molar-refractivity contribution >= 4 is 32.6 Å². The fourth-order valence-corrected chi connectivity index (χ4v) is 2.81. The zero-order valence-electron chi connectivity index (χ0n) is 13.1. The number of fused-ring (bicyclic) bond motifs is 4. The highest BCUT2D eigenvalue weighted by Crippen LogP contribution is 2.20. The average molecular weight is 308 g/mol. The highest BCUT2D eigenvalue weighted by atomic mass is 14.7. The van der Waals surface area contributed by atoms with Crippen molar-refractivity contribution in [2.45, 2.75) is 0 Å². The molecule has 0 N–H and O–H groups in total. The SMILES string of the molecule is c1ccc2ccccc2c1.c1cnc2c(c1)ccc1cccnc12. The van der Waals surface area contributed by atoms with Gasteiger partial charge in [-0.3, -0.25) is 9.97 Å². The largest absolute Gasteiger partial charge is 0.254 e. The summed E-state index contributed by atoms with van der Waals surface area (Å²) in [7, 11) is 0. The fourth-order valence-electron chi connectivity index (χ4n) is 2.81. The molecule has 0 saturated heterocycles. The molecule has 5 rings (SSSR count). The molecule has 114 valence electrons. The molecule has 0 radical (unpaired) electrons. The Hall–Kier alpha value is -3.26. The second-order valence-corrected chi connectivity index (χ2v) is 5.56. The minimum absolute atomic E-state index is 0.977. The number of hydrogen-bond donors (Lipinski definition) is 0. The van der Waals surface area contributed by atoms with E-state index in [4.69, 9.17) is 0 Å². The van der Waals surface area contributed by atoms with Crippen LogP contribution < -0.4 is 0 Å². The van der Waals surface area contributed by atoms with Gasteiger partial charge in [-0.25, -0.2) is 0 Å². The lowest BCUT2D eigenvalue weighted by Gasteiger charge is -2.00.